The summed E-state index contributed by atoms with van der Waals surface area (Å²) >= 11 is 0. The SMILES string of the molecule is CNC(=O)[C@@H]1C[C@@H](O)C[N+]1(C)C1(c2cccc3c2OCO3)C(=O)N(S(=O)(=O)c2ccc(OC)cc2OC(F)(F)F)c2ccc(F)cc21. The number of ether oxygens (including phenoxy) is 4. The highest BCUT2D eigenvalue weighted by atomic mass is 32.2. The third-order valence-corrected chi connectivity index (χ3v) is 10.6. The zero-order chi connectivity index (χ0) is 34.1. The maximum atomic E-state index is 15.3. The van der Waals surface area contributed by atoms with E-state index < -0.39 is 72.5 Å². The number of carbonyl (C=O) groups is 2. The van der Waals surface area contributed by atoms with Gasteiger partial charge in [0.25, 0.3) is 15.9 Å². The molecule has 2 unspecified atom stereocenters. The van der Waals surface area contributed by atoms with E-state index in [4.69, 9.17) is 14.2 Å². The number of anilines is 1. The van der Waals surface area contributed by atoms with Gasteiger partial charge in [-0.25, -0.2) is 12.8 Å². The monoisotopic (exact) mass is 682 g/mol. The summed E-state index contributed by atoms with van der Waals surface area (Å²) in [6.07, 6.45) is -6.70. The number of likely N-dealkylation sites (tertiary alicyclic amines) is 1. The highest BCUT2D eigenvalue weighted by molar-refractivity contribution is 7.93. The molecule has 0 spiro atoms. The molecule has 4 atom stereocenters. The molecule has 0 aromatic heterocycles. The molecular weight excluding hydrogens is 654 g/mol. The molecule has 1 fully saturated rings. The van der Waals surface area contributed by atoms with E-state index in [2.05, 4.69) is 10.1 Å². The number of hydrogen-bond acceptors (Lipinski definition) is 9. The number of halogens is 4. The molecule has 17 heteroatoms. The number of hydrogen-bond donors (Lipinski definition) is 2. The van der Waals surface area contributed by atoms with Gasteiger partial charge in [0.1, 0.15) is 29.1 Å². The second-order valence-corrected chi connectivity index (χ2v) is 13.1. The van der Waals surface area contributed by atoms with Crippen LogP contribution in [-0.4, -0.2) is 82.9 Å². The number of aliphatic hydroxyl groups is 1. The first-order valence-corrected chi connectivity index (χ1v) is 15.5. The van der Waals surface area contributed by atoms with Crippen LogP contribution in [0.3, 0.4) is 0 Å². The van der Waals surface area contributed by atoms with Crippen molar-refractivity contribution in [1.82, 2.24) is 5.32 Å². The van der Waals surface area contributed by atoms with Crippen molar-refractivity contribution in [3.05, 3.63) is 71.5 Å². The molecule has 47 heavy (non-hydrogen) atoms. The molecule has 3 aliphatic heterocycles. The first-order chi connectivity index (χ1) is 22.1. The molecule has 0 saturated carbocycles. The number of aliphatic hydroxyl groups excluding tert-OH is 1. The van der Waals surface area contributed by atoms with Crippen LogP contribution in [0, 0.1) is 5.82 Å². The quantitative estimate of drug-likeness (QED) is 0.285. The van der Waals surface area contributed by atoms with Crippen LogP contribution in [0.1, 0.15) is 17.5 Å². The number of nitrogens with one attached hydrogen (secondary N) is 1. The number of methoxy groups -OCH3 is 1. The van der Waals surface area contributed by atoms with Crippen molar-refractivity contribution in [3.8, 4) is 23.0 Å². The Balaban J connectivity index is 1.70. The molecule has 0 bridgehead atoms. The van der Waals surface area contributed by atoms with E-state index in [9.17, 15) is 31.5 Å². The average Bonchev–Trinajstić information content (AvgIpc) is 3.68. The van der Waals surface area contributed by atoms with E-state index >= 15 is 9.18 Å². The van der Waals surface area contributed by atoms with Crippen molar-refractivity contribution in [2.24, 2.45) is 0 Å². The molecule has 1 saturated heterocycles. The van der Waals surface area contributed by atoms with E-state index in [0.29, 0.717) is 6.07 Å². The van der Waals surface area contributed by atoms with Gasteiger partial charge in [0.15, 0.2) is 23.3 Å². The Hall–Kier alpha value is -4.61. The van der Waals surface area contributed by atoms with Gasteiger partial charge >= 0.3 is 12.3 Å². The topological polar surface area (TPSA) is 141 Å². The number of carbonyl (C=O) groups excluding carboxylic acids is 2. The summed E-state index contributed by atoms with van der Waals surface area (Å²) in [5, 5.41) is 13.5. The Morgan fingerprint density at radius 2 is 1.87 bits per heavy atom. The van der Waals surface area contributed by atoms with Crippen LogP contribution in [0.25, 0.3) is 0 Å². The number of sulfonamides is 1. The van der Waals surface area contributed by atoms with Gasteiger partial charge in [-0.2, -0.15) is 4.31 Å². The van der Waals surface area contributed by atoms with Crippen molar-refractivity contribution in [2.75, 3.05) is 38.8 Å². The maximum absolute atomic E-state index is 15.3. The number of rotatable bonds is 7. The highest BCUT2D eigenvalue weighted by Gasteiger charge is 2.72. The van der Waals surface area contributed by atoms with E-state index in [1.807, 2.05) is 0 Å². The average molecular weight is 683 g/mol. The first-order valence-electron chi connectivity index (χ1n) is 14.1. The van der Waals surface area contributed by atoms with Crippen LogP contribution in [0.15, 0.2) is 59.5 Å². The molecule has 0 radical (unpaired) electrons. The zero-order valence-corrected chi connectivity index (χ0v) is 25.8. The van der Waals surface area contributed by atoms with Crippen LogP contribution in [0.4, 0.5) is 23.2 Å². The third kappa shape index (κ3) is 4.74. The molecule has 3 aromatic carbocycles. The Kier molecular flexibility index (Phi) is 7.56. The van der Waals surface area contributed by atoms with Gasteiger partial charge < -0.3 is 29.4 Å². The molecular formula is C30H28F4N3O9S+. The van der Waals surface area contributed by atoms with E-state index in [0.717, 1.165) is 37.4 Å². The van der Waals surface area contributed by atoms with Gasteiger partial charge in [-0.1, -0.05) is 6.07 Å². The number of alkyl halides is 3. The molecule has 3 heterocycles. The number of benzene rings is 3. The molecule has 6 rings (SSSR count). The van der Waals surface area contributed by atoms with Crippen LogP contribution < -0.4 is 28.6 Å². The summed E-state index contributed by atoms with van der Waals surface area (Å²) in [4.78, 5) is 27.7. The van der Waals surface area contributed by atoms with Crippen molar-refractivity contribution >= 4 is 27.5 Å². The summed E-state index contributed by atoms with van der Waals surface area (Å²) in [7, 11) is -1.38. The highest BCUT2D eigenvalue weighted by Crippen LogP contribution is 2.59. The standard InChI is InChI=1S/C30H27F4N3O9S/c1-35-27(39)22-12-17(38)14-37(22,2)29(19-5-4-6-23-26(19)45-15-44-23)20-11-16(31)7-9-21(20)36(28(29)40)47(41,42)25-10-8-18(43-3)13-24(25)46-30(32,33)34/h4-11,13,17,22,38H,12,14-15H2,1-3H3/p+1/t17-,22+,29?,37?/m1/s1. The largest absolute Gasteiger partial charge is 0.573 e. The smallest absolute Gasteiger partial charge is 0.497 e. The molecule has 0 aliphatic carbocycles. The summed E-state index contributed by atoms with van der Waals surface area (Å²) in [6.45, 7) is -0.590. The lowest BCUT2D eigenvalue weighted by molar-refractivity contribution is -0.953. The fraction of sp³-hybridized carbons (Fsp3) is 0.333. The lowest BCUT2D eigenvalue weighted by Gasteiger charge is -2.48. The summed E-state index contributed by atoms with van der Waals surface area (Å²) in [5.74, 6) is -3.99. The van der Waals surface area contributed by atoms with Gasteiger partial charge in [0.05, 0.1) is 31.0 Å². The van der Waals surface area contributed by atoms with E-state index in [1.54, 1.807) is 0 Å². The van der Waals surface area contributed by atoms with Gasteiger partial charge in [0, 0.05) is 19.5 Å². The van der Waals surface area contributed by atoms with Crippen molar-refractivity contribution in [3.63, 3.8) is 0 Å². The fourth-order valence-electron chi connectivity index (χ4n) is 6.99. The van der Waals surface area contributed by atoms with Gasteiger partial charge in [-0.05, 0) is 42.5 Å². The predicted octanol–water partition coefficient (Wildman–Crippen LogP) is 2.77. The molecule has 3 aliphatic rings. The normalized spacial score (nSPS) is 25.1. The Morgan fingerprint density at radius 3 is 2.55 bits per heavy atom. The van der Waals surface area contributed by atoms with Crippen LogP contribution in [0.5, 0.6) is 23.0 Å². The summed E-state index contributed by atoms with van der Waals surface area (Å²) in [6, 6.07) is 8.59. The van der Waals surface area contributed by atoms with Gasteiger partial charge in [-0.3, -0.25) is 14.1 Å². The Bertz CT molecular complexity index is 1910. The van der Waals surface area contributed by atoms with Crippen LogP contribution in [-0.2, 0) is 25.2 Å². The number of amides is 2. The van der Waals surface area contributed by atoms with Crippen molar-refractivity contribution in [1.29, 1.82) is 0 Å². The lowest BCUT2D eigenvalue weighted by atomic mass is 9.78. The third-order valence-electron chi connectivity index (χ3n) is 8.83. The summed E-state index contributed by atoms with van der Waals surface area (Å²) < 4.78 is 105. The molecule has 3 aromatic rings. The molecule has 12 nitrogen and oxygen atoms in total. The van der Waals surface area contributed by atoms with E-state index in [-0.39, 0.29) is 52.4 Å². The number of likely N-dealkylation sites (N-methyl/N-ethyl adjacent to an activating group) is 2. The molecule has 250 valence electrons. The van der Waals surface area contributed by atoms with E-state index in [1.165, 1.54) is 32.3 Å². The Morgan fingerprint density at radius 1 is 1.13 bits per heavy atom. The summed E-state index contributed by atoms with van der Waals surface area (Å²) in [5.41, 5.74) is -3.00. The number of para-hydroxylation sites is 1. The first kappa shape index (κ1) is 32.3. The second-order valence-electron chi connectivity index (χ2n) is 11.3. The minimum atomic E-state index is -5.34. The fourth-order valence-corrected chi connectivity index (χ4v) is 8.55. The van der Waals surface area contributed by atoms with Crippen molar-refractivity contribution < 1.29 is 64.1 Å². The maximum Gasteiger partial charge on any atom is 0.573 e. The molecule has 2 N–H and O–H groups in total. The second kappa shape index (κ2) is 11.0. The van der Waals surface area contributed by atoms with Crippen molar-refractivity contribution in [2.45, 2.75) is 35.4 Å². The van der Waals surface area contributed by atoms with Gasteiger partial charge in [0.2, 0.25) is 12.3 Å². The van der Waals surface area contributed by atoms with Gasteiger partial charge in [-0.15, -0.1) is 13.2 Å². The minimum Gasteiger partial charge on any atom is -0.497 e. The number of nitrogens with zero attached hydrogens (tertiary/aromatic N) is 2. The zero-order valence-electron chi connectivity index (χ0n) is 25.0. The predicted molar refractivity (Wildman–Crippen MR) is 154 cm³/mol. The van der Waals surface area contributed by atoms with Crippen LogP contribution in [0.2, 0.25) is 0 Å². The molecule has 2 amide bonds. The van der Waals surface area contributed by atoms with Crippen LogP contribution >= 0.6 is 0 Å². The Labute approximate surface area is 265 Å². The number of fused-ring (bicyclic) bond motifs is 2. The lowest BCUT2D eigenvalue weighted by Crippen LogP contribution is -2.69. The number of quaternary nitrogens is 1. The minimum absolute atomic E-state index is 0.00255.